The molecule has 1 heterocycles. The maximum absolute atomic E-state index is 10.7. The van der Waals surface area contributed by atoms with E-state index >= 15 is 0 Å². The van der Waals surface area contributed by atoms with E-state index in [0.29, 0.717) is 5.69 Å². The van der Waals surface area contributed by atoms with Gasteiger partial charge in [0, 0.05) is 5.56 Å². The smallest absolute Gasteiger partial charge is 0.337 e. The van der Waals surface area contributed by atoms with Gasteiger partial charge >= 0.3 is 5.97 Å². The Morgan fingerprint density at radius 3 is 2.62 bits per heavy atom. The van der Waals surface area contributed by atoms with E-state index in [0.717, 1.165) is 5.56 Å². The molecule has 1 aromatic heterocycles. The number of carboxylic acids is 1. The highest BCUT2D eigenvalue weighted by Gasteiger charge is 2.21. The maximum atomic E-state index is 10.7. The van der Waals surface area contributed by atoms with Gasteiger partial charge in [-0.1, -0.05) is 30.3 Å². The van der Waals surface area contributed by atoms with E-state index < -0.39 is 12.1 Å². The molecule has 0 radical (unpaired) electrons. The number of rotatable bonds is 3. The molecule has 2 rings (SSSR count). The van der Waals surface area contributed by atoms with E-state index in [4.69, 9.17) is 5.11 Å². The van der Waals surface area contributed by atoms with Gasteiger partial charge in [0.25, 0.3) is 0 Å². The third-order valence-electron chi connectivity index (χ3n) is 2.26. The summed E-state index contributed by atoms with van der Waals surface area (Å²) in [6.07, 6.45) is -0.241. The molecule has 0 aliphatic rings. The van der Waals surface area contributed by atoms with Crippen LogP contribution < -0.4 is 0 Å². The van der Waals surface area contributed by atoms with Crippen molar-refractivity contribution in [1.29, 1.82) is 0 Å². The van der Waals surface area contributed by atoms with Crippen LogP contribution in [-0.2, 0) is 4.79 Å². The Morgan fingerprint density at radius 2 is 2.00 bits per heavy atom. The first kappa shape index (κ1) is 10.4. The van der Waals surface area contributed by atoms with Gasteiger partial charge in [-0.15, -0.1) is 0 Å². The average molecular weight is 218 g/mol. The number of hydrogen-bond donors (Lipinski definition) is 3. The van der Waals surface area contributed by atoms with Crippen LogP contribution in [0.2, 0.25) is 0 Å². The fourth-order valence-electron chi connectivity index (χ4n) is 1.47. The van der Waals surface area contributed by atoms with Crippen LogP contribution in [0, 0.1) is 0 Å². The number of aromatic amines is 1. The number of aliphatic hydroxyl groups is 1. The predicted molar refractivity (Wildman–Crippen MR) is 56.6 cm³/mol. The number of nitrogens with one attached hydrogen (secondary N) is 1. The third-order valence-corrected chi connectivity index (χ3v) is 2.26. The van der Waals surface area contributed by atoms with Gasteiger partial charge in [-0.25, -0.2) is 4.79 Å². The molecule has 0 saturated heterocycles. The van der Waals surface area contributed by atoms with E-state index in [2.05, 4.69) is 10.2 Å². The van der Waals surface area contributed by atoms with Crippen LogP contribution in [0.15, 0.2) is 36.5 Å². The number of carboxylic acid groups (broad SMARTS) is 1. The molecule has 1 atom stereocenters. The quantitative estimate of drug-likeness (QED) is 0.722. The van der Waals surface area contributed by atoms with Crippen molar-refractivity contribution in [3.8, 4) is 11.3 Å². The van der Waals surface area contributed by atoms with E-state index in [1.165, 1.54) is 6.20 Å². The van der Waals surface area contributed by atoms with E-state index in [1.807, 2.05) is 30.3 Å². The molecule has 1 aromatic carbocycles. The van der Waals surface area contributed by atoms with Crippen LogP contribution in [0.25, 0.3) is 11.3 Å². The summed E-state index contributed by atoms with van der Waals surface area (Å²) >= 11 is 0. The summed E-state index contributed by atoms with van der Waals surface area (Å²) in [6.45, 7) is 0. The van der Waals surface area contributed by atoms with Gasteiger partial charge in [-0.3, -0.25) is 5.10 Å². The van der Waals surface area contributed by atoms with Crippen LogP contribution in [0.4, 0.5) is 0 Å². The standard InChI is InChI=1S/C11H10N2O3/c14-10(11(15)16)8-6-12-13-9(8)7-4-2-1-3-5-7/h1-6,10,14H,(H,12,13)(H,15,16). The first-order chi connectivity index (χ1) is 7.70. The highest BCUT2D eigenvalue weighted by atomic mass is 16.4. The summed E-state index contributed by atoms with van der Waals surface area (Å²) in [4.78, 5) is 10.7. The lowest BCUT2D eigenvalue weighted by molar-refractivity contribution is -0.146. The number of H-pyrrole nitrogens is 1. The highest BCUT2D eigenvalue weighted by molar-refractivity contribution is 5.78. The van der Waals surface area contributed by atoms with Gasteiger partial charge < -0.3 is 10.2 Å². The highest BCUT2D eigenvalue weighted by Crippen LogP contribution is 2.25. The lowest BCUT2D eigenvalue weighted by Crippen LogP contribution is -2.10. The molecular weight excluding hydrogens is 208 g/mol. The van der Waals surface area contributed by atoms with E-state index in [-0.39, 0.29) is 5.56 Å². The molecule has 0 fully saturated rings. The van der Waals surface area contributed by atoms with Gasteiger partial charge in [0.15, 0.2) is 6.10 Å². The van der Waals surface area contributed by atoms with Gasteiger partial charge in [-0.2, -0.15) is 5.10 Å². The molecule has 0 saturated carbocycles. The Kier molecular flexibility index (Phi) is 2.70. The van der Waals surface area contributed by atoms with Crippen molar-refractivity contribution in [2.45, 2.75) is 6.10 Å². The van der Waals surface area contributed by atoms with Crippen molar-refractivity contribution in [1.82, 2.24) is 10.2 Å². The Morgan fingerprint density at radius 1 is 1.31 bits per heavy atom. The molecule has 0 aliphatic heterocycles. The molecule has 0 aliphatic carbocycles. The van der Waals surface area contributed by atoms with Crippen molar-refractivity contribution in [3.63, 3.8) is 0 Å². The molecule has 82 valence electrons. The molecule has 0 bridgehead atoms. The summed E-state index contributed by atoms with van der Waals surface area (Å²) < 4.78 is 0. The molecule has 0 amide bonds. The number of carbonyl (C=O) groups is 1. The number of aliphatic hydroxyl groups excluding tert-OH is 1. The van der Waals surface area contributed by atoms with Crippen molar-refractivity contribution in [2.24, 2.45) is 0 Å². The minimum Gasteiger partial charge on any atom is -0.479 e. The second-order valence-electron chi connectivity index (χ2n) is 3.31. The largest absolute Gasteiger partial charge is 0.479 e. The third kappa shape index (κ3) is 1.80. The molecule has 3 N–H and O–H groups in total. The zero-order valence-electron chi connectivity index (χ0n) is 8.29. The van der Waals surface area contributed by atoms with E-state index in [9.17, 15) is 9.90 Å². The topological polar surface area (TPSA) is 86.2 Å². The normalized spacial score (nSPS) is 12.3. The Hall–Kier alpha value is -2.14. The second-order valence-corrected chi connectivity index (χ2v) is 3.31. The van der Waals surface area contributed by atoms with Gasteiger partial charge in [0.1, 0.15) is 0 Å². The van der Waals surface area contributed by atoms with Crippen LogP contribution in [0.3, 0.4) is 0 Å². The first-order valence-corrected chi connectivity index (χ1v) is 4.69. The van der Waals surface area contributed by atoms with Crippen LogP contribution in [0.5, 0.6) is 0 Å². The van der Waals surface area contributed by atoms with Crippen molar-refractivity contribution < 1.29 is 15.0 Å². The summed E-state index contributed by atoms with van der Waals surface area (Å²) in [6, 6.07) is 9.13. The SMILES string of the molecule is O=C(O)C(O)c1cn[nH]c1-c1ccccc1. The number of nitrogens with zero attached hydrogens (tertiary/aromatic N) is 1. The Labute approximate surface area is 91.4 Å². The average Bonchev–Trinajstić information content (AvgIpc) is 2.77. The first-order valence-electron chi connectivity index (χ1n) is 4.69. The van der Waals surface area contributed by atoms with E-state index in [1.54, 1.807) is 0 Å². The van der Waals surface area contributed by atoms with Gasteiger partial charge in [-0.05, 0) is 5.56 Å². The number of hydrogen-bond acceptors (Lipinski definition) is 3. The molecule has 5 nitrogen and oxygen atoms in total. The monoisotopic (exact) mass is 218 g/mol. The van der Waals surface area contributed by atoms with Gasteiger partial charge in [0.2, 0.25) is 0 Å². The van der Waals surface area contributed by atoms with Crippen molar-refractivity contribution in [2.75, 3.05) is 0 Å². The molecule has 1 unspecified atom stereocenters. The fourth-order valence-corrected chi connectivity index (χ4v) is 1.47. The summed E-state index contributed by atoms with van der Waals surface area (Å²) in [5, 5.41) is 24.6. The van der Waals surface area contributed by atoms with Crippen molar-refractivity contribution >= 4 is 5.97 Å². The minimum atomic E-state index is -1.56. The zero-order valence-corrected chi connectivity index (χ0v) is 8.29. The maximum Gasteiger partial charge on any atom is 0.337 e. The Balaban J connectivity index is 2.44. The zero-order chi connectivity index (χ0) is 11.5. The second kappa shape index (κ2) is 4.16. The Bertz CT molecular complexity index is 493. The number of aliphatic carboxylic acids is 1. The molecular formula is C11H10N2O3. The molecule has 16 heavy (non-hydrogen) atoms. The lowest BCUT2D eigenvalue weighted by Gasteiger charge is -2.06. The van der Waals surface area contributed by atoms with Crippen molar-refractivity contribution in [3.05, 3.63) is 42.1 Å². The van der Waals surface area contributed by atoms with Crippen LogP contribution in [-0.4, -0.2) is 26.4 Å². The fraction of sp³-hybridized carbons (Fsp3) is 0.0909. The summed E-state index contributed by atoms with van der Waals surface area (Å²) in [7, 11) is 0. The summed E-state index contributed by atoms with van der Waals surface area (Å²) in [5.74, 6) is -1.29. The molecule has 2 aromatic rings. The predicted octanol–water partition coefficient (Wildman–Crippen LogP) is 1.19. The minimum absolute atomic E-state index is 0.263. The lowest BCUT2D eigenvalue weighted by atomic mass is 10.0. The van der Waals surface area contributed by atoms with Crippen LogP contribution in [0.1, 0.15) is 11.7 Å². The molecule has 5 heteroatoms. The molecule has 0 spiro atoms. The van der Waals surface area contributed by atoms with Gasteiger partial charge in [0.05, 0.1) is 11.9 Å². The number of aromatic nitrogens is 2. The van der Waals surface area contributed by atoms with Crippen LogP contribution >= 0.6 is 0 Å². The summed E-state index contributed by atoms with van der Waals surface area (Å²) in [5.41, 5.74) is 1.57. The number of benzene rings is 1.